The average Bonchev–Trinajstić information content (AvgIpc) is 2.16. The third-order valence-electron chi connectivity index (χ3n) is 2.05. The molecule has 0 aliphatic rings. The number of carbonyl (C=O) groups excluding carboxylic acids is 1. The number of rotatable bonds is 6. The third-order valence-corrected chi connectivity index (χ3v) is 2.05. The fourth-order valence-corrected chi connectivity index (χ4v) is 1.36. The summed E-state index contributed by atoms with van der Waals surface area (Å²) in [6, 6.07) is 3.12. The van der Waals surface area contributed by atoms with Crippen molar-refractivity contribution < 1.29 is 18.3 Å². The first-order chi connectivity index (χ1) is 7.61. The number of halogens is 2. The number of hydrogen-bond donors (Lipinski definition) is 0. The van der Waals surface area contributed by atoms with Crippen LogP contribution in [0.4, 0.5) is 8.78 Å². The topological polar surface area (TPSA) is 26.3 Å². The highest BCUT2D eigenvalue weighted by atomic mass is 19.1. The van der Waals surface area contributed by atoms with Crippen LogP contribution in [0.3, 0.4) is 0 Å². The molecule has 2 nitrogen and oxygen atoms in total. The highest BCUT2D eigenvalue weighted by Crippen LogP contribution is 2.09. The van der Waals surface area contributed by atoms with Gasteiger partial charge in [0.15, 0.2) is 0 Å². The quantitative estimate of drug-likeness (QED) is 0.699. The largest absolute Gasteiger partial charge is 0.381 e. The van der Waals surface area contributed by atoms with Crippen LogP contribution in [-0.4, -0.2) is 19.0 Å². The molecule has 0 atom stereocenters. The maximum atomic E-state index is 12.8. The van der Waals surface area contributed by atoms with Crippen molar-refractivity contribution in [2.75, 3.05) is 13.2 Å². The lowest BCUT2D eigenvalue weighted by atomic mass is 10.1. The molecule has 0 heterocycles. The van der Waals surface area contributed by atoms with Crippen LogP contribution in [0.2, 0.25) is 0 Å². The minimum absolute atomic E-state index is 0.0434. The van der Waals surface area contributed by atoms with E-state index in [1.807, 2.05) is 6.92 Å². The molecule has 0 aromatic heterocycles. The molecule has 0 amide bonds. The average molecular weight is 228 g/mol. The molecule has 0 unspecified atom stereocenters. The van der Waals surface area contributed by atoms with E-state index in [1.165, 1.54) is 12.1 Å². The summed E-state index contributed by atoms with van der Waals surface area (Å²) in [5.74, 6) is -1.40. The standard InChI is InChI=1S/C12H14F2O2/c1-2-16-4-3-12(15)7-9-5-10(13)8-11(14)6-9/h5-6,8H,2-4,7H2,1H3. The number of benzene rings is 1. The fraction of sp³-hybridized carbons (Fsp3) is 0.417. The van der Waals surface area contributed by atoms with Crippen molar-refractivity contribution >= 4 is 5.78 Å². The minimum Gasteiger partial charge on any atom is -0.381 e. The maximum Gasteiger partial charge on any atom is 0.139 e. The zero-order valence-electron chi connectivity index (χ0n) is 9.13. The lowest BCUT2D eigenvalue weighted by molar-refractivity contribution is -0.119. The van der Waals surface area contributed by atoms with E-state index in [2.05, 4.69) is 0 Å². The van der Waals surface area contributed by atoms with Gasteiger partial charge in [-0.25, -0.2) is 8.78 Å². The SMILES string of the molecule is CCOCCC(=O)Cc1cc(F)cc(F)c1. The molecule has 0 saturated carbocycles. The van der Waals surface area contributed by atoms with Crippen molar-refractivity contribution in [1.82, 2.24) is 0 Å². The molecule has 1 aromatic rings. The normalized spacial score (nSPS) is 10.4. The van der Waals surface area contributed by atoms with E-state index in [-0.39, 0.29) is 18.6 Å². The van der Waals surface area contributed by atoms with Gasteiger partial charge in [0.1, 0.15) is 17.4 Å². The van der Waals surface area contributed by atoms with Gasteiger partial charge in [0.25, 0.3) is 0 Å². The molecule has 0 fully saturated rings. The highest BCUT2D eigenvalue weighted by molar-refractivity contribution is 5.80. The Labute approximate surface area is 93.2 Å². The van der Waals surface area contributed by atoms with Crippen molar-refractivity contribution in [2.45, 2.75) is 19.8 Å². The number of ether oxygens (including phenoxy) is 1. The number of hydrogen-bond acceptors (Lipinski definition) is 2. The Morgan fingerprint density at radius 2 is 1.88 bits per heavy atom. The molecule has 1 rings (SSSR count). The van der Waals surface area contributed by atoms with Crippen LogP contribution in [0.5, 0.6) is 0 Å². The Morgan fingerprint density at radius 3 is 2.44 bits per heavy atom. The van der Waals surface area contributed by atoms with Crippen LogP contribution < -0.4 is 0 Å². The molecule has 0 aliphatic heterocycles. The summed E-state index contributed by atoms with van der Waals surface area (Å²) in [5.41, 5.74) is 0.360. The molecule has 0 radical (unpaired) electrons. The zero-order valence-corrected chi connectivity index (χ0v) is 9.13. The summed E-state index contributed by atoms with van der Waals surface area (Å²) in [7, 11) is 0. The lowest BCUT2D eigenvalue weighted by Gasteiger charge is -2.02. The first-order valence-electron chi connectivity index (χ1n) is 5.16. The summed E-state index contributed by atoms with van der Waals surface area (Å²) in [4.78, 5) is 11.4. The number of carbonyl (C=O) groups is 1. The van der Waals surface area contributed by atoms with Gasteiger partial charge in [-0.15, -0.1) is 0 Å². The zero-order chi connectivity index (χ0) is 12.0. The number of Topliss-reactive ketones (excluding diaryl/α,β-unsaturated/α-hetero) is 1. The smallest absolute Gasteiger partial charge is 0.139 e. The summed E-state index contributed by atoms with van der Waals surface area (Å²) in [6.07, 6.45) is 0.313. The van der Waals surface area contributed by atoms with Crippen molar-refractivity contribution in [1.29, 1.82) is 0 Å². The molecule has 0 bridgehead atoms. The molecule has 0 aliphatic carbocycles. The number of ketones is 1. The van der Waals surface area contributed by atoms with E-state index < -0.39 is 11.6 Å². The van der Waals surface area contributed by atoms with E-state index in [4.69, 9.17) is 4.74 Å². The monoisotopic (exact) mass is 228 g/mol. The maximum absolute atomic E-state index is 12.8. The van der Waals surface area contributed by atoms with Gasteiger partial charge in [0.2, 0.25) is 0 Å². The fourth-order valence-electron chi connectivity index (χ4n) is 1.36. The molecule has 0 spiro atoms. The Morgan fingerprint density at radius 1 is 1.25 bits per heavy atom. The predicted octanol–water partition coefficient (Wildman–Crippen LogP) is 2.50. The van der Waals surface area contributed by atoms with Gasteiger partial charge in [0.05, 0.1) is 6.61 Å². The summed E-state index contributed by atoms with van der Waals surface area (Å²) < 4.78 is 30.6. The first kappa shape index (κ1) is 12.8. The molecule has 1 aromatic carbocycles. The van der Waals surface area contributed by atoms with Crippen LogP contribution in [-0.2, 0) is 16.0 Å². The Bertz CT molecular complexity index is 344. The summed E-state index contributed by atoms with van der Waals surface area (Å²) in [6.45, 7) is 2.75. The molecule has 0 saturated heterocycles. The molecule has 4 heteroatoms. The van der Waals surface area contributed by atoms with Crippen molar-refractivity contribution in [3.05, 3.63) is 35.4 Å². The van der Waals surface area contributed by atoms with E-state index >= 15 is 0 Å². The molecular formula is C12H14F2O2. The van der Waals surface area contributed by atoms with Gasteiger partial charge in [0, 0.05) is 25.5 Å². The molecular weight excluding hydrogens is 214 g/mol. The van der Waals surface area contributed by atoms with Crippen LogP contribution in [0, 0.1) is 11.6 Å². The molecule has 0 N–H and O–H groups in total. The first-order valence-corrected chi connectivity index (χ1v) is 5.16. The van der Waals surface area contributed by atoms with Gasteiger partial charge in [-0.2, -0.15) is 0 Å². The van der Waals surface area contributed by atoms with Crippen LogP contribution in [0.25, 0.3) is 0 Å². The van der Waals surface area contributed by atoms with Crippen molar-refractivity contribution in [3.8, 4) is 0 Å². The van der Waals surface area contributed by atoms with Crippen LogP contribution in [0.15, 0.2) is 18.2 Å². The second kappa shape index (κ2) is 6.33. The van der Waals surface area contributed by atoms with E-state index in [0.717, 1.165) is 6.07 Å². The van der Waals surface area contributed by atoms with Crippen LogP contribution >= 0.6 is 0 Å². The van der Waals surface area contributed by atoms with Gasteiger partial charge in [-0.1, -0.05) is 0 Å². The van der Waals surface area contributed by atoms with Crippen LogP contribution in [0.1, 0.15) is 18.9 Å². The summed E-state index contributed by atoms with van der Waals surface area (Å²) in [5, 5.41) is 0. The second-order valence-electron chi connectivity index (χ2n) is 3.44. The van der Waals surface area contributed by atoms with Gasteiger partial charge in [-0.05, 0) is 24.6 Å². The Hall–Kier alpha value is -1.29. The Balaban J connectivity index is 2.49. The van der Waals surface area contributed by atoms with Gasteiger partial charge in [-0.3, -0.25) is 4.79 Å². The van der Waals surface area contributed by atoms with E-state index in [9.17, 15) is 13.6 Å². The van der Waals surface area contributed by atoms with Gasteiger partial charge < -0.3 is 4.74 Å². The van der Waals surface area contributed by atoms with E-state index in [0.29, 0.717) is 18.8 Å². The third kappa shape index (κ3) is 4.49. The molecule has 16 heavy (non-hydrogen) atoms. The van der Waals surface area contributed by atoms with Crippen molar-refractivity contribution in [2.24, 2.45) is 0 Å². The summed E-state index contributed by atoms with van der Waals surface area (Å²) >= 11 is 0. The Kier molecular flexibility index (Phi) is 5.05. The molecule has 88 valence electrons. The highest BCUT2D eigenvalue weighted by Gasteiger charge is 2.06. The van der Waals surface area contributed by atoms with Gasteiger partial charge >= 0.3 is 0 Å². The minimum atomic E-state index is -0.660. The predicted molar refractivity (Wildman–Crippen MR) is 56.2 cm³/mol. The second-order valence-corrected chi connectivity index (χ2v) is 3.44. The van der Waals surface area contributed by atoms with E-state index in [1.54, 1.807) is 0 Å². The van der Waals surface area contributed by atoms with Crippen molar-refractivity contribution in [3.63, 3.8) is 0 Å². The lowest BCUT2D eigenvalue weighted by Crippen LogP contribution is -2.07.